The summed E-state index contributed by atoms with van der Waals surface area (Å²) in [5.74, 6) is -0.470. The van der Waals surface area contributed by atoms with Crippen LogP contribution in [0.1, 0.15) is 0 Å². The Bertz CT molecular complexity index is 598. The molecule has 2 rings (SSSR count). The summed E-state index contributed by atoms with van der Waals surface area (Å²) in [5, 5.41) is 26.0. The van der Waals surface area contributed by atoms with Crippen LogP contribution in [-0.2, 0) is 16.5 Å². The fraction of sp³-hybridized carbons (Fsp3) is 0. The van der Waals surface area contributed by atoms with Gasteiger partial charge in [0, 0.05) is 17.0 Å². The van der Waals surface area contributed by atoms with Crippen molar-refractivity contribution in [3.63, 3.8) is 0 Å². The van der Waals surface area contributed by atoms with Gasteiger partial charge in [-0.15, -0.1) is 5.34 Å². The third-order valence-electron chi connectivity index (χ3n) is 1.81. The molecule has 122 valence electrons. The van der Waals surface area contributed by atoms with Gasteiger partial charge in [0.15, 0.2) is 0 Å². The molecule has 21 heavy (non-hydrogen) atoms. The molecule has 1 aromatic carbocycles. The number of anilines is 1. The molecule has 0 saturated carbocycles. The summed E-state index contributed by atoms with van der Waals surface area (Å²) in [6, 6.07) is 4.70. The third kappa shape index (κ3) is 7.78. The number of halogens is 2. The minimum absolute atomic E-state index is 0. The molecule has 13 heteroatoms. The van der Waals surface area contributed by atoms with Crippen LogP contribution in [0.15, 0.2) is 28.3 Å². The Morgan fingerprint density at radius 1 is 1.33 bits per heavy atom. The van der Waals surface area contributed by atoms with E-state index in [0.29, 0.717) is 5.69 Å². The van der Waals surface area contributed by atoms with Crippen molar-refractivity contribution in [1.82, 2.24) is 22.5 Å². The molecule has 0 radical (unpaired) electrons. The third-order valence-corrected chi connectivity index (χ3v) is 1.81. The van der Waals surface area contributed by atoms with Crippen LogP contribution in [0.5, 0.6) is 5.88 Å². The van der Waals surface area contributed by atoms with E-state index < -0.39 is 27.9 Å². The molecule has 0 spiro atoms. The number of fused-ring (bicyclic) bond motifs is 1. The molecule has 0 unspecified atom stereocenters. The molecule has 0 amide bonds. The van der Waals surface area contributed by atoms with Gasteiger partial charge in [-0.05, 0) is 6.07 Å². The number of H-pyrrole nitrogens is 1. The van der Waals surface area contributed by atoms with E-state index in [9.17, 15) is 9.90 Å². The van der Waals surface area contributed by atoms with E-state index in [4.69, 9.17) is 34.7 Å². The van der Waals surface area contributed by atoms with Gasteiger partial charge in [-0.2, -0.15) is 5.10 Å². The van der Waals surface area contributed by atoms with Crippen LogP contribution < -0.4 is 28.7 Å². The monoisotopic (exact) mass is 521 g/mol. The van der Waals surface area contributed by atoms with Crippen LogP contribution in [0.2, 0.25) is 0 Å². The van der Waals surface area contributed by atoms with Crippen LogP contribution >= 0.6 is 18.8 Å². The molecule has 10 nitrogen and oxygen atoms in total. The second-order valence-electron chi connectivity index (χ2n) is 2.75. The van der Waals surface area contributed by atoms with Crippen molar-refractivity contribution in [2.45, 2.75) is 0 Å². The number of rotatable bonds is 0. The van der Waals surface area contributed by atoms with Crippen LogP contribution in [0.3, 0.4) is 0 Å². The fourth-order valence-corrected chi connectivity index (χ4v) is 1.22. The van der Waals surface area contributed by atoms with Gasteiger partial charge in [-0.3, -0.25) is 4.79 Å². The molecule has 0 aliphatic carbocycles. The Balaban J connectivity index is -0.000000355. The summed E-state index contributed by atoms with van der Waals surface area (Å²) in [5.41, 5.74) is 5.39. The van der Waals surface area contributed by atoms with E-state index >= 15 is 0 Å². The Morgan fingerprint density at radius 3 is 2.24 bits per heavy atom. The summed E-state index contributed by atoms with van der Waals surface area (Å²) < 4.78 is 0. The molecule has 0 bridgehead atoms. The molecule has 1 aromatic heterocycles. The fourth-order valence-electron chi connectivity index (χ4n) is 1.22. The first-order chi connectivity index (χ1) is 9.03. The summed E-state index contributed by atoms with van der Waals surface area (Å²) in [6.45, 7) is 0. The van der Waals surface area contributed by atoms with E-state index in [-0.39, 0.29) is 23.1 Å². The van der Waals surface area contributed by atoms with E-state index in [1.165, 1.54) is 6.07 Å². The zero-order chi connectivity index (χ0) is 14.8. The van der Waals surface area contributed by atoms with Crippen molar-refractivity contribution in [1.29, 1.82) is 0 Å². The number of hydrogen-bond donors (Lipinski definition) is 4. The SMILES string of the molecule is N.N.Nc1cccc2c([O-])n[nH]c(=O)c12.O=N[O-].[Cl][Pt+2][Cl]. The van der Waals surface area contributed by atoms with Gasteiger partial charge in [0.2, 0.25) is 0 Å². The predicted molar refractivity (Wildman–Crippen MR) is 77.1 cm³/mol. The number of benzene rings is 1. The Kier molecular flexibility index (Phi) is 15.8. The number of nitrogens with one attached hydrogen (secondary N) is 1. The van der Waals surface area contributed by atoms with Gasteiger partial charge in [-0.25, -0.2) is 5.10 Å². The van der Waals surface area contributed by atoms with Gasteiger partial charge in [0.1, 0.15) is 0 Å². The van der Waals surface area contributed by atoms with Crippen LogP contribution in [0, 0.1) is 10.1 Å². The van der Waals surface area contributed by atoms with Crippen LogP contribution in [0.4, 0.5) is 5.69 Å². The topological polar surface area (TPSA) is 217 Å². The summed E-state index contributed by atoms with van der Waals surface area (Å²) in [6.07, 6.45) is 0. The molecular weight excluding hydrogens is 510 g/mol. The first kappa shape index (κ1) is 24.6. The molecule has 9 N–H and O–H groups in total. The predicted octanol–water partition coefficient (Wildman–Crippen LogP) is 1.53. The zero-order valence-corrected chi connectivity index (χ0v) is 14.1. The van der Waals surface area contributed by atoms with E-state index in [1.54, 1.807) is 12.1 Å². The van der Waals surface area contributed by atoms with Crippen molar-refractivity contribution in [2.75, 3.05) is 5.73 Å². The zero-order valence-electron chi connectivity index (χ0n) is 10.3. The summed E-state index contributed by atoms with van der Waals surface area (Å²) in [7, 11) is 9.75. The number of nitrogens with zero attached hydrogens (tertiary/aromatic N) is 2. The van der Waals surface area contributed by atoms with Crippen molar-refractivity contribution < 1.29 is 21.6 Å². The molecule has 0 atom stereocenters. The average molecular weight is 522 g/mol. The van der Waals surface area contributed by atoms with Crippen LogP contribution in [-0.4, -0.2) is 10.2 Å². The summed E-state index contributed by atoms with van der Waals surface area (Å²) in [4.78, 5) is 19.2. The minimum atomic E-state index is -0.472. The molecule has 0 aliphatic heterocycles. The number of nitrogens with two attached hydrogens (primary N) is 1. The van der Waals surface area contributed by atoms with E-state index in [1.807, 2.05) is 0 Å². The molecule has 0 aliphatic rings. The maximum atomic E-state index is 11.2. The van der Waals surface area contributed by atoms with Crippen molar-refractivity contribution in [3.05, 3.63) is 38.7 Å². The second-order valence-corrected chi connectivity index (χ2v) is 6.03. The number of aromatic amines is 1. The van der Waals surface area contributed by atoms with Gasteiger partial charge < -0.3 is 33.3 Å². The average Bonchev–Trinajstić information content (AvgIpc) is 2.36. The molecule has 1 heterocycles. The van der Waals surface area contributed by atoms with Crippen LogP contribution in [0.25, 0.3) is 10.8 Å². The Hall–Kier alpha value is -1.45. The van der Waals surface area contributed by atoms with Gasteiger partial charge in [0.25, 0.3) is 5.56 Å². The van der Waals surface area contributed by atoms with Gasteiger partial charge in [0.05, 0.1) is 5.39 Å². The Morgan fingerprint density at radius 2 is 1.81 bits per heavy atom. The quantitative estimate of drug-likeness (QED) is 0.225. The van der Waals surface area contributed by atoms with E-state index in [0.717, 1.165) is 5.34 Å². The number of hydrogen-bond acceptors (Lipinski definition) is 9. The number of nitrogen functional groups attached to an aromatic ring is 1. The van der Waals surface area contributed by atoms with Crippen molar-refractivity contribution in [2.24, 2.45) is 5.34 Å². The molecule has 0 fully saturated rings. The molecule has 2 aromatic rings. The first-order valence-electron chi connectivity index (χ1n) is 4.24. The first-order valence-corrected chi connectivity index (χ1v) is 9.87. The van der Waals surface area contributed by atoms with Crippen molar-refractivity contribution in [3.8, 4) is 5.88 Å². The van der Waals surface area contributed by atoms with E-state index in [2.05, 4.69) is 10.2 Å². The van der Waals surface area contributed by atoms with Crippen molar-refractivity contribution >= 4 is 35.3 Å². The molecule has 0 saturated heterocycles. The standard InChI is InChI=1S/C8H7N3O2.2ClH.HNO2.2H3N.Pt/c9-5-3-1-2-4-6(5)8(13)11-10-7(4)12;;;2-1-3;;;/h1-3H,9H2,(H,10,12)(H,11,13);2*1H;(H,2,3);2*1H3;/q;;;;;;+4/p-4. The second kappa shape index (κ2) is 13.5. The number of aromatic nitrogens is 2. The maximum absolute atomic E-state index is 11.2. The summed E-state index contributed by atoms with van der Waals surface area (Å²) >= 11 is -0.472. The van der Waals surface area contributed by atoms with Gasteiger partial charge in [-0.1, -0.05) is 12.1 Å². The van der Waals surface area contributed by atoms with Gasteiger partial charge >= 0.3 is 35.3 Å². The Labute approximate surface area is 135 Å². The molecular formula is C8H12Cl2N6O4Pt. The normalized spacial score (nSPS) is 8.10.